The number of carboxylic acid groups (broad SMARTS) is 1. The average Bonchev–Trinajstić information content (AvgIpc) is 2.49. The lowest BCUT2D eigenvalue weighted by Gasteiger charge is -2.35. The first-order valence-corrected chi connectivity index (χ1v) is 6.97. The molecular weight excluding hydrogens is 274 g/mol. The Labute approximate surface area is 124 Å². The monoisotopic (exact) mass is 297 g/mol. The molecule has 21 heavy (non-hydrogen) atoms. The number of phenols is 1. The Morgan fingerprint density at radius 3 is 2.48 bits per heavy atom. The molecule has 1 aromatic rings. The molecule has 0 amide bonds. The number of piperidine rings is 1. The average molecular weight is 297 g/mol. The van der Waals surface area contributed by atoms with E-state index in [1.54, 1.807) is 12.1 Å². The lowest BCUT2D eigenvalue weighted by Crippen LogP contribution is -2.45. The summed E-state index contributed by atoms with van der Waals surface area (Å²) < 4.78 is 0. The maximum atomic E-state index is 9.69. The molecule has 0 aromatic heterocycles. The summed E-state index contributed by atoms with van der Waals surface area (Å²) in [5, 5.41) is 35.0. The lowest BCUT2D eigenvalue weighted by atomic mass is 9.95. The molecular formula is C15H23NO5. The molecule has 1 saturated heterocycles. The van der Waals surface area contributed by atoms with E-state index in [0.29, 0.717) is 5.75 Å². The molecule has 0 spiro atoms. The van der Waals surface area contributed by atoms with Crippen LogP contribution in [0, 0.1) is 5.92 Å². The van der Waals surface area contributed by atoms with Gasteiger partial charge in [-0.3, -0.25) is 4.79 Å². The maximum absolute atomic E-state index is 9.69. The van der Waals surface area contributed by atoms with Crippen molar-refractivity contribution in [2.45, 2.75) is 18.9 Å². The van der Waals surface area contributed by atoms with Crippen LogP contribution in [0.5, 0.6) is 5.75 Å². The van der Waals surface area contributed by atoms with E-state index in [1.807, 2.05) is 12.1 Å². The summed E-state index contributed by atoms with van der Waals surface area (Å²) >= 11 is 0. The number of nitrogens with zero attached hydrogens (tertiary/aromatic N) is 1. The first-order chi connectivity index (χ1) is 10.1. The minimum atomic E-state index is -0.361. The Bertz CT molecular complexity index is 409. The number of hydrogen-bond donors (Lipinski definition) is 4. The van der Waals surface area contributed by atoms with Gasteiger partial charge in [-0.25, -0.2) is 0 Å². The molecule has 0 saturated carbocycles. The van der Waals surface area contributed by atoms with Crippen molar-refractivity contribution in [1.29, 1.82) is 0 Å². The molecule has 0 bridgehead atoms. The van der Waals surface area contributed by atoms with Gasteiger partial charge in [-0.15, -0.1) is 0 Å². The highest BCUT2D eigenvalue weighted by Crippen LogP contribution is 2.17. The normalized spacial score (nSPS) is 22.2. The number of benzene rings is 1. The van der Waals surface area contributed by atoms with Crippen LogP contribution in [0.3, 0.4) is 0 Å². The molecule has 1 aliphatic rings. The van der Waals surface area contributed by atoms with Crippen LogP contribution in [0.15, 0.2) is 24.3 Å². The van der Waals surface area contributed by atoms with Crippen LogP contribution < -0.4 is 0 Å². The first kappa shape index (κ1) is 17.4. The summed E-state index contributed by atoms with van der Waals surface area (Å²) in [6.07, 6.45) is 1.30. The van der Waals surface area contributed by atoms with Gasteiger partial charge in [-0.05, 0) is 30.5 Å². The van der Waals surface area contributed by atoms with Crippen LogP contribution >= 0.6 is 0 Å². The van der Waals surface area contributed by atoms with Crippen LogP contribution in [0.4, 0.5) is 0 Å². The third-order valence-corrected chi connectivity index (χ3v) is 3.67. The first-order valence-electron chi connectivity index (χ1n) is 6.97. The van der Waals surface area contributed by atoms with Gasteiger partial charge in [-0.1, -0.05) is 12.1 Å². The van der Waals surface area contributed by atoms with Crippen molar-refractivity contribution in [2.24, 2.45) is 5.92 Å². The van der Waals surface area contributed by atoms with E-state index >= 15 is 0 Å². The molecule has 0 radical (unpaired) electrons. The number of phenolic OH excluding ortho intramolecular Hbond substituents is 1. The summed E-state index contributed by atoms with van der Waals surface area (Å²) in [4.78, 5) is 10.6. The SMILES string of the molecule is O=CO.OC[C@H]1CN(CCc2ccc(O)cc2)CC[C@H]1O. The summed E-state index contributed by atoms with van der Waals surface area (Å²) in [5.41, 5.74) is 1.19. The predicted octanol–water partition coefficient (Wildman–Crippen LogP) is 0.311. The highest BCUT2D eigenvalue weighted by atomic mass is 16.3. The quantitative estimate of drug-likeness (QED) is 0.597. The molecule has 1 heterocycles. The summed E-state index contributed by atoms with van der Waals surface area (Å²) in [7, 11) is 0. The zero-order valence-electron chi connectivity index (χ0n) is 11.9. The van der Waals surface area contributed by atoms with E-state index in [-0.39, 0.29) is 25.1 Å². The number of aliphatic hydroxyl groups excluding tert-OH is 2. The topological polar surface area (TPSA) is 101 Å². The number of carbonyl (C=O) groups is 1. The van der Waals surface area contributed by atoms with Gasteiger partial charge in [0.15, 0.2) is 0 Å². The van der Waals surface area contributed by atoms with E-state index in [2.05, 4.69) is 4.90 Å². The second-order valence-corrected chi connectivity index (χ2v) is 5.12. The second kappa shape index (κ2) is 9.33. The fraction of sp³-hybridized carbons (Fsp3) is 0.533. The molecule has 6 nitrogen and oxygen atoms in total. The Hall–Kier alpha value is -1.63. The zero-order chi connectivity index (χ0) is 15.7. The van der Waals surface area contributed by atoms with Gasteiger partial charge in [0.05, 0.1) is 6.10 Å². The van der Waals surface area contributed by atoms with Crippen LogP contribution in [0.1, 0.15) is 12.0 Å². The molecule has 1 fully saturated rings. The van der Waals surface area contributed by atoms with Crippen molar-refractivity contribution in [3.05, 3.63) is 29.8 Å². The second-order valence-electron chi connectivity index (χ2n) is 5.12. The maximum Gasteiger partial charge on any atom is 0.290 e. The largest absolute Gasteiger partial charge is 0.508 e. The Balaban J connectivity index is 0.000000677. The lowest BCUT2D eigenvalue weighted by molar-refractivity contribution is -0.122. The standard InChI is InChI=1S/C14H21NO3.CH2O2/c16-10-12-9-15(8-6-14(12)18)7-5-11-1-3-13(17)4-2-11;2-1-3/h1-4,12,14,16-18H,5-10H2;1H,(H,2,3)/t12-,14-;/m1./s1. The highest BCUT2D eigenvalue weighted by Gasteiger charge is 2.26. The minimum absolute atomic E-state index is 0.0152. The molecule has 4 N–H and O–H groups in total. The number of aromatic hydroxyl groups is 1. The van der Waals surface area contributed by atoms with Crippen LogP contribution in [0.25, 0.3) is 0 Å². The van der Waals surface area contributed by atoms with E-state index in [4.69, 9.17) is 9.90 Å². The predicted molar refractivity (Wildman–Crippen MR) is 78.1 cm³/mol. The van der Waals surface area contributed by atoms with Crippen LogP contribution in [0.2, 0.25) is 0 Å². The van der Waals surface area contributed by atoms with Crippen molar-refractivity contribution in [2.75, 3.05) is 26.2 Å². The molecule has 1 aromatic carbocycles. The Kier molecular flexibility index (Phi) is 7.74. The fourth-order valence-corrected chi connectivity index (χ4v) is 2.43. The van der Waals surface area contributed by atoms with E-state index in [1.165, 1.54) is 5.56 Å². The van der Waals surface area contributed by atoms with E-state index in [9.17, 15) is 15.3 Å². The summed E-state index contributed by atoms with van der Waals surface area (Å²) in [5.74, 6) is 0.277. The number of aliphatic hydroxyl groups is 2. The zero-order valence-corrected chi connectivity index (χ0v) is 11.9. The molecule has 0 aliphatic carbocycles. The van der Waals surface area contributed by atoms with Crippen molar-refractivity contribution >= 4 is 6.47 Å². The van der Waals surface area contributed by atoms with Gasteiger partial charge in [0.2, 0.25) is 0 Å². The van der Waals surface area contributed by atoms with Crippen molar-refractivity contribution < 1.29 is 25.2 Å². The van der Waals surface area contributed by atoms with Crippen molar-refractivity contribution in [3.63, 3.8) is 0 Å². The van der Waals surface area contributed by atoms with Gasteiger partial charge in [-0.2, -0.15) is 0 Å². The van der Waals surface area contributed by atoms with Crippen molar-refractivity contribution in [3.8, 4) is 5.75 Å². The smallest absolute Gasteiger partial charge is 0.290 e. The third kappa shape index (κ3) is 6.12. The van der Waals surface area contributed by atoms with E-state index in [0.717, 1.165) is 32.5 Å². The van der Waals surface area contributed by atoms with Crippen LogP contribution in [-0.2, 0) is 11.2 Å². The molecule has 118 valence electrons. The molecule has 6 heteroatoms. The van der Waals surface area contributed by atoms with Gasteiger partial charge < -0.3 is 25.3 Å². The number of likely N-dealkylation sites (tertiary alicyclic amines) is 1. The Morgan fingerprint density at radius 2 is 1.90 bits per heavy atom. The summed E-state index contributed by atoms with van der Waals surface area (Å²) in [6.45, 7) is 2.37. The number of rotatable bonds is 4. The van der Waals surface area contributed by atoms with Crippen LogP contribution in [-0.4, -0.2) is 64.1 Å². The van der Waals surface area contributed by atoms with Crippen molar-refractivity contribution in [1.82, 2.24) is 4.90 Å². The highest BCUT2D eigenvalue weighted by molar-refractivity contribution is 5.32. The van der Waals surface area contributed by atoms with E-state index < -0.39 is 0 Å². The number of hydrogen-bond acceptors (Lipinski definition) is 5. The molecule has 1 aliphatic heterocycles. The van der Waals surface area contributed by atoms with Gasteiger partial charge in [0.1, 0.15) is 5.75 Å². The minimum Gasteiger partial charge on any atom is -0.508 e. The molecule has 2 rings (SSSR count). The molecule has 0 unspecified atom stereocenters. The Morgan fingerprint density at radius 1 is 1.29 bits per heavy atom. The summed E-state index contributed by atoms with van der Waals surface area (Å²) in [6, 6.07) is 7.26. The third-order valence-electron chi connectivity index (χ3n) is 3.67. The van der Waals surface area contributed by atoms with Gasteiger partial charge in [0, 0.05) is 32.2 Å². The fourth-order valence-electron chi connectivity index (χ4n) is 2.43. The van der Waals surface area contributed by atoms with Gasteiger partial charge >= 0.3 is 0 Å². The molecule has 2 atom stereocenters. The van der Waals surface area contributed by atoms with Gasteiger partial charge in [0.25, 0.3) is 6.47 Å².